The number of benzene rings is 1. The standard InChI is InChI=1S/C12H17FN2O/c1-4-15(5-2)12(16)14(3)11-8-6-7-10(13)9-11/h6-9H,4-5H2,1-3H3. The predicted octanol–water partition coefficient (Wildman–Crippen LogP) is 2.72. The SMILES string of the molecule is CCN(CC)C(=O)N(C)c1cccc(F)c1. The third kappa shape index (κ3) is 2.72. The molecule has 1 aromatic carbocycles. The van der Waals surface area contributed by atoms with E-state index in [0.29, 0.717) is 18.8 Å². The number of amides is 2. The van der Waals surface area contributed by atoms with E-state index in [1.807, 2.05) is 13.8 Å². The Morgan fingerprint density at radius 2 is 1.94 bits per heavy atom. The number of carbonyl (C=O) groups excluding carboxylic acids is 1. The molecule has 0 unspecified atom stereocenters. The highest BCUT2D eigenvalue weighted by Gasteiger charge is 2.16. The van der Waals surface area contributed by atoms with Gasteiger partial charge in [0.1, 0.15) is 5.82 Å². The average Bonchev–Trinajstić information content (AvgIpc) is 2.29. The fourth-order valence-electron chi connectivity index (χ4n) is 1.50. The number of hydrogen-bond donors (Lipinski definition) is 0. The van der Waals surface area contributed by atoms with E-state index in [1.54, 1.807) is 24.1 Å². The van der Waals surface area contributed by atoms with Gasteiger partial charge in [-0.2, -0.15) is 0 Å². The molecular weight excluding hydrogens is 207 g/mol. The molecule has 2 amide bonds. The molecule has 88 valence electrons. The van der Waals surface area contributed by atoms with E-state index in [0.717, 1.165) is 0 Å². The van der Waals surface area contributed by atoms with Crippen molar-refractivity contribution < 1.29 is 9.18 Å². The summed E-state index contributed by atoms with van der Waals surface area (Å²) in [6, 6.07) is 5.90. The van der Waals surface area contributed by atoms with E-state index < -0.39 is 0 Å². The van der Waals surface area contributed by atoms with Crippen molar-refractivity contribution >= 4 is 11.7 Å². The molecule has 0 saturated carbocycles. The predicted molar refractivity (Wildman–Crippen MR) is 63.1 cm³/mol. The van der Waals surface area contributed by atoms with Crippen LogP contribution in [-0.4, -0.2) is 31.1 Å². The summed E-state index contributed by atoms with van der Waals surface area (Å²) in [6.07, 6.45) is 0. The molecule has 4 heteroatoms. The van der Waals surface area contributed by atoms with Crippen molar-refractivity contribution in [3.8, 4) is 0 Å². The van der Waals surface area contributed by atoms with Gasteiger partial charge in [0.2, 0.25) is 0 Å². The van der Waals surface area contributed by atoms with Crippen LogP contribution < -0.4 is 4.90 Å². The third-order valence-electron chi connectivity index (χ3n) is 2.52. The van der Waals surface area contributed by atoms with E-state index in [9.17, 15) is 9.18 Å². The number of anilines is 1. The number of nitrogens with zero attached hydrogens (tertiary/aromatic N) is 2. The molecule has 1 aromatic rings. The molecule has 0 spiro atoms. The number of carbonyl (C=O) groups is 1. The smallest absolute Gasteiger partial charge is 0.324 e. The Bertz CT molecular complexity index is 364. The summed E-state index contributed by atoms with van der Waals surface area (Å²) >= 11 is 0. The molecule has 3 nitrogen and oxygen atoms in total. The Hall–Kier alpha value is -1.58. The lowest BCUT2D eigenvalue weighted by atomic mass is 10.3. The highest BCUT2D eigenvalue weighted by atomic mass is 19.1. The lowest BCUT2D eigenvalue weighted by Gasteiger charge is -2.26. The number of hydrogen-bond acceptors (Lipinski definition) is 1. The summed E-state index contributed by atoms with van der Waals surface area (Å²) in [5, 5.41) is 0. The van der Waals surface area contributed by atoms with Crippen LogP contribution in [0.15, 0.2) is 24.3 Å². The van der Waals surface area contributed by atoms with Gasteiger partial charge >= 0.3 is 6.03 Å². The van der Waals surface area contributed by atoms with Crippen LogP contribution >= 0.6 is 0 Å². The van der Waals surface area contributed by atoms with E-state index in [4.69, 9.17) is 0 Å². The molecule has 0 heterocycles. The lowest BCUT2D eigenvalue weighted by Crippen LogP contribution is -2.41. The molecule has 0 radical (unpaired) electrons. The van der Waals surface area contributed by atoms with Gasteiger partial charge in [0.25, 0.3) is 0 Å². The fourth-order valence-corrected chi connectivity index (χ4v) is 1.50. The Morgan fingerprint density at radius 1 is 1.31 bits per heavy atom. The minimum atomic E-state index is -0.336. The summed E-state index contributed by atoms with van der Waals surface area (Å²) < 4.78 is 13.0. The molecule has 0 N–H and O–H groups in total. The van der Waals surface area contributed by atoms with Crippen LogP contribution in [0.4, 0.5) is 14.9 Å². The van der Waals surface area contributed by atoms with E-state index in [2.05, 4.69) is 0 Å². The summed E-state index contributed by atoms with van der Waals surface area (Å²) in [5.41, 5.74) is 0.567. The monoisotopic (exact) mass is 224 g/mol. The molecule has 0 aliphatic heterocycles. The van der Waals surface area contributed by atoms with Crippen LogP contribution in [-0.2, 0) is 0 Å². The molecular formula is C12H17FN2O. The summed E-state index contributed by atoms with van der Waals surface area (Å²) in [5.74, 6) is -0.336. The Kier molecular flexibility index (Phi) is 4.28. The van der Waals surface area contributed by atoms with Gasteiger partial charge in [-0.25, -0.2) is 9.18 Å². The van der Waals surface area contributed by atoms with Crippen LogP contribution in [0.3, 0.4) is 0 Å². The van der Waals surface area contributed by atoms with Crippen LogP contribution in [0.2, 0.25) is 0 Å². The number of urea groups is 1. The van der Waals surface area contributed by atoms with Gasteiger partial charge in [0, 0.05) is 25.8 Å². The van der Waals surface area contributed by atoms with Crippen LogP contribution in [0.1, 0.15) is 13.8 Å². The average molecular weight is 224 g/mol. The molecule has 0 aliphatic rings. The summed E-state index contributed by atoms with van der Waals surface area (Å²) in [6.45, 7) is 5.13. The molecule has 0 saturated heterocycles. The topological polar surface area (TPSA) is 23.6 Å². The highest BCUT2D eigenvalue weighted by molar-refractivity contribution is 5.91. The first-order valence-corrected chi connectivity index (χ1v) is 5.38. The molecule has 0 aliphatic carbocycles. The molecule has 16 heavy (non-hydrogen) atoms. The van der Waals surface area contributed by atoms with Gasteiger partial charge in [-0.05, 0) is 32.0 Å². The van der Waals surface area contributed by atoms with E-state index in [-0.39, 0.29) is 11.8 Å². The largest absolute Gasteiger partial charge is 0.325 e. The fraction of sp³-hybridized carbons (Fsp3) is 0.417. The van der Waals surface area contributed by atoms with Crippen LogP contribution in [0, 0.1) is 5.82 Å². The second-order valence-electron chi connectivity index (χ2n) is 3.49. The maximum Gasteiger partial charge on any atom is 0.324 e. The van der Waals surface area contributed by atoms with Gasteiger partial charge in [0.15, 0.2) is 0 Å². The summed E-state index contributed by atoms with van der Waals surface area (Å²) in [4.78, 5) is 15.1. The number of halogens is 1. The maximum absolute atomic E-state index is 13.0. The van der Waals surface area contributed by atoms with Crippen molar-refractivity contribution in [3.63, 3.8) is 0 Å². The highest BCUT2D eigenvalue weighted by Crippen LogP contribution is 2.15. The first kappa shape index (κ1) is 12.5. The van der Waals surface area contributed by atoms with E-state index in [1.165, 1.54) is 17.0 Å². The number of rotatable bonds is 3. The van der Waals surface area contributed by atoms with Crippen molar-refractivity contribution in [1.29, 1.82) is 0 Å². The molecule has 0 fully saturated rings. The van der Waals surface area contributed by atoms with Crippen molar-refractivity contribution in [1.82, 2.24) is 4.90 Å². The zero-order valence-corrected chi connectivity index (χ0v) is 9.90. The quantitative estimate of drug-likeness (QED) is 0.774. The minimum Gasteiger partial charge on any atom is -0.325 e. The first-order valence-electron chi connectivity index (χ1n) is 5.38. The molecule has 0 atom stereocenters. The third-order valence-corrected chi connectivity index (χ3v) is 2.52. The van der Waals surface area contributed by atoms with Gasteiger partial charge < -0.3 is 4.90 Å². The van der Waals surface area contributed by atoms with Crippen molar-refractivity contribution in [2.75, 3.05) is 25.0 Å². The second kappa shape index (κ2) is 5.49. The van der Waals surface area contributed by atoms with Gasteiger partial charge in [-0.3, -0.25) is 4.90 Å². The van der Waals surface area contributed by atoms with Crippen LogP contribution in [0.5, 0.6) is 0 Å². The minimum absolute atomic E-state index is 0.115. The first-order chi connectivity index (χ1) is 7.60. The lowest BCUT2D eigenvalue weighted by molar-refractivity contribution is 0.211. The normalized spacial score (nSPS) is 10.0. The van der Waals surface area contributed by atoms with Gasteiger partial charge in [0.05, 0.1) is 0 Å². The molecule has 1 rings (SSSR count). The van der Waals surface area contributed by atoms with Crippen molar-refractivity contribution in [2.24, 2.45) is 0 Å². The maximum atomic E-state index is 13.0. The second-order valence-corrected chi connectivity index (χ2v) is 3.49. The Morgan fingerprint density at radius 3 is 2.44 bits per heavy atom. The zero-order valence-electron chi connectivity index (χ0n) is 9.90. The van der Waals surface area contributed by atoms with Gasteiger partial charge in [-0.1, -0.05) is 6.07 Å². The van der Waals surface area contributed by atoms with E-state index >= 15 is 0 Å². The van der Waals surface area contributed by atoms with Crippen molar-refractivity contribution in [2.45, 2.75) is 13.8 Å². The molecule has 0 bridgehead atoms. The van der Waals surface area contributed by atoms with Crippen molar-refractivity contribution in [3.05, 3.63) is 30.1 Å². The Labute approximate surface area is 95.5 Å². The molecule has 0 aromatic heterocycles. The van der Waals surface area contributed by atoms with Crippen LogP contribution in [0.25, 0.3) is 0 Å². The Balaban J connectivity index is 2.85. The zero-order chi connectivity index (χ0) is 12.1. The summed E-state index contributed by atoms with van der Waals surface area (Å²) in [7, 11) is 1.65. The van der Waals surface area contributed by atoms with Gasteiger partial charge in [-0.15, -0.1) is 0 Å².